The molecule has 2 aliphatic heterocycles. The minimum atomic E-state index is -0.911. The lowest BCUT2D eigenvalue weighted by molar-refractivity contribution is -0.137. The monoisotopic (exact) mass is 798 g/mol. The van der Waals surface area contributed by atoms with Gasteiger partial charge in [-0.25, -0.2) is 19.2 Å². The quantitative estimate of drug-likeness (QED) is 0.0904. The molecule has 3 heterocycles. The molecule has 15 heteroatoms. The lowest BCUT2D eigenvalue weighted by Crippen LogP contribution is -2.38. The van der Waals surface area contributed by atoms with Crippen LogP contribution in [0.3, 0.4) is 0 Å². The maximum Gasteiger partial charge on any atom is 0.360 e. The number of carbonyl (C=O) groups excluding carboxylic acids is 3. The highest BCUT2D eigenvalue weighted by atomic mass is 16.6. The Morgan fingerprint density at radius 1 is 0.655 bits per heavy atom. The smallest absolute Gasteiger partial charge is 0.360 e. The molecule has 1 aromatic heterocycles. The number of hydrogen-bond donors (Lipinski definition) is 3. The average Bonchev–Trinajstić information content (AvgIpc) is 3.55. The summed E-state index contributed by atoms with van der Waals surface area (Å²) in [6, 6.07) is 8.43. The molecule has 5 atom stereocenters. The zero-order valence-corrected chi connectivity index (χ0v) is 34.0. The van der Waals surface area contributed by atoms with Crippen LogP contribution in [-0.4, -0.2) is 57.4 Å². The number of nitrogens with two attached hydrogens (primary N) is 3. The highest BCUT2D eigenvalue weighted by Gasteiger charge is 2.46. The summed E-state index contributed by atoms with van der Waals surface area (Å²) >= 11 is 0. The van der Waals surface area contributed by atoms with Crippen molar-refractivity contribution in [2.75, 3.05) is 26.2 Å². The fraction of sp³-hybridized carbons (Fsp3) is 0.395. The van der Waals surface area contributed by atoms with Gasteiger partial charge < -0.3 is 54.9 Å². The summed E-state index contributed by atoms with van der Waals surface area (Å²) in [5.74, 6) is -2.03. The van der Waals surface area contributed by atoms with Crippen molar-refractivity contribution in [3.05, 3.63) is 81.3 Å². The van der Waals surface area contributed by atoms with E-state index in [4.69, 9.17) is 50.0 Å². The number of ether oxygens (including phenoxy) is 6. The molecule has 0 radical (unpaired) electrons. The van der Waals surface area contributed by atoms with Gasteiger partial charge in [0.2, 0.25) is 0 Å². The minimum absolute atomic E-state index is 0.0214. The van der Waals surface area contributed by atoms with Crippen molar-refractivity contribution in [2.45, 2.75) is 71.6 Å². The van der Waals surface area contributed by atoms with Gasteiger partial charge in [0.05, 0.1) is 27.4 Å². The molecule has 0 fully saturated rings. The predicted molar refractivity (Wildman–Crippen MR) is 216 cm³/mol. The molecule has 4 aromatic rings. The Labute approximate surface area is 335 Å². The first-order valence-electron chi connectivity index (χ1n) is 19.0. The summed E-state index contributed by atoms with van der Waals surface area (Å²) in [5.41, 5.74) is 20.6. The van der Waals surface area contributed by atoms with Gasteiger partial charge in [0.25, 0.3) is 0 Å². The van der Waals surface area contributed by atoms with Crippen LogP contribution >= 0.6 is 0 Å². The van der Waals surface area contributed by atoms with Gasteiger partial charge in [-0.1, -0.05) is 47.6 Å². The van der Waals surface area contributed by atoms with Crippen molar-refractivity contribution in [3.8, 4) is 34.5 Å². The number of methoxy groups -OCH3 is 3. The van der Waals surface area contributed by atoms with E-state index in [2.05, 4.69) is 0 Å². The number of fused-ring (bicyclic) bond motifs is 7. The fourth-order valence-electron chi connectivity index (χ4n) is 7.02. The molecular formula is C43H50N4O11. The average molecular weight is 799 g/mol. The second-order valence-corrected chi connectivity index (χ2v) is 15.4. The molecule has 0 aliphatic carbocycles. The van der Waals surface area contributed by atoms with Crippen LogP contribution in [0.5, 0.6) is 34.5 Å². The summed E-state index contributed by atoms with van der Waals surface area (Å²) in [4.78, 5) is 54.9. The Bertz CT molecular complexity index is 2350. The lowest BCUT2D eigenvalue weighted by atomic mass is 9.81. The number of carbonyl (C=O) groups is 3. The molecule has 6 N–H and O–H groups in total. The Kier molecular flexibility index (Phi) is 11.9. The van der Waals surface area contributed by atoms with E-state index in [9.17, 15) is 19.2 Å². The molecule has 0 saturated carbocycles. The molecule has 2 unspecified atom stereocenters. The van der Waals surface area contributed by atoms with Crippen molar-refractivity contribution in [2.24, 2.45) is 35.0 Å². The van der Waals surface area contributed by atoms with E-state index in [1.54, 1.807) is 62.5 Å². The first kappa shape index (κ1) is 41.7. The summed E-state index contributed by atoms with van der Waals surface area (Å²) in [6.45, 7) is 10.9. The first-order valence-corrected chi connectivity index (χ1v) is 19.0. The molecule has 0 saturated heterocycles. The van der Waals surface area contributed by atoms with Crippen LogP contribution in [0.15, 0.2) is 57.9 Å². The molecule has 15 nitrogen and oxygen atoms in total. The summed E-state index contributed by atoms with van der Waals surface area (Å²) in [5, 5.41) is 0.492. The largest absolute Gasteiger partial charge is 0.493 e. The molecule has 58 heavy (non-hydrogen) atoms. The van der Waals surface area contributed by atoms with E-state index in [1.807, 2.05) is 32.6 Å². The van der Waals surface area contributed by atoms with Gasteiger partial charge in [0, 0.05) is 29.1 Å². The van der Waals surface area contributed by atoms with E-state index in [0.717, 1.165) is 5.56 Å². The molecule has 6 rings (SSSR count). The van der Waals surface area contributed by atoms with Crippen molar-refractivity contribution in [1.29, 1.82) is 0 Å². The van der Waals surface area contributed by atoms with Crippen molar-refractivity contribution in [1.82, 2.24) is 0 Å². The SMILES string of the molecule is COc1cc(C2c3c(c(=O)oc4cc(OC(=O)[C@@H](N)C(C)C)c(OC)cc34)N3C=Cc4cc(OC(=O)[C@@H](N)C(C)C)c(OC)cc4C23)ccc1OC(=O)[C@@H](N)C(C)C. The molecular weight excluding hydrogens is 748 g/mol. The number of esters is 3. The predicted octanol–water partition coefficient (Wildman–Crippen LogP) is 5.16. The number of rotatable bonds is 13. The van der Waals surface area contributed by atoms with Crippen molar-refractivity contribution < 1.29 is 47.2 Å². The standard InChI is InChI=1S/C43H50N4O11/c1-19(2)35(44)40(48)55-26-11-10-23(15-28(26)52-7)33-34-25-17-30(54-9)32(58-42(50)37(46)21(5)6)18-27(25)56-43(51)39(34)47-13-12-22-14-31(57-41(49)36(45)20(3)4)29(53-8)16-24(22)38(33)47/h10-21,33,35-38H,44-46H2,1-9H3/t33?,35-,36-,37-,38?/m0/s1. The van der Waals surface area contributed by atoms with Crippen molar-refractivity contribution >= 4 is 40.6 Å². The molecule has 2 aliphatic rings. The number of nitrogens with zero attached hydrogens (tertiary/aromatic N) is 1. The van der Waals surface area contributed by atoms with Crippen molar-refractivity contribution in [3.63, 3.8) is 0 Å². The summed E-state index contributed by atoms with van der Waals surface area (Å²) < 4.78 is 40.3. The number of anilines is 1. The molecule has 3 aromatic carbocycles. The Morgan fingerprint density at radius 2 is 1.16 bits per heavy atom. The zero-order chi connectivity index (χ0) is 42.3. The van der Waals surface area contributed by atoms with Gasteiger partial charge in [-0.15, -0.1) is 0 Å². The Balaban J connectivity index is 1.57. The van der Waals surface area contributed by atoms with Crippen LogP contribution in [0.4, 0.5) is 5.69 Å². The summed E-state index contributed by atoms with van der Waals surface area (Å²) in [7, 11) is 4.34. The van der Waals surface area contributed by atoms with E-state index < -0.39 is 53.6 Å². The fourth-order valence-corrected chi connectivity index (χ4v) is 7.02. The van der Waals surface area contributed by atoms with Gasteiger partial charge in [-0.05, 0) is 70.9 Å². The van der Waals surface area contributed by atoms with Gasteiger partial charge in [0.1, 0.15) is 29.4 Å². The van der Waals surface area contributed by atoms with Crippen LogP contribution in [0.2, 0.25) is 0 Å². The minimum Gasteiger partial charge on any atom is -0.493 e. The Hall–Kier alpha value is -5.90. The highest BCUT2D eigenvalue weighted by molar-refractivity contribution is 5.93. The van der Waals surface area contributed by atoms with Gasteiger partial charge in [-0.2, -0.15) is 0 Å². The molecule has 308 valence electrons. The second-order valence-electron chi connectivity index (χ2n) is 15.4. The normalized spacial score (nSPS) is 17.1. The second kappa shape index (κ2) is 16.5. The van der Waals surface area contributed by atoms with Crippen LogP contribution in [-0.2, 0) is 14.4 Å². The third-order valence-electron chi connectivity index (χ3n) is 10.6. The first-order chi connectivity index (χ1) is 27.5. The molecule has 0 amide bonds. The zero-order valence-electron chi connectivity index (χ0n) is 34.0. The number of benzene rings is 3. The highest BCUT2D eigenvalue weighted by Crippen LogP contribution is 2.57. The van der Waals surface area contributed by atoms with Crippen LogP contribution in [0, 0.1) is 17.8 Å². The molecule has 0 spiro atoms. The maximum atomic E-state index is 14.2. The van der Waals surface area contributed by atoms with Crippen LogP contribution in [0.25, 0.3) is 17.0 Å². The number of hydrogen-bond acceptors (Lipinski definition) is 15. The van der Waals surface area contributed by atoms with Crippen LogP contribution in [0.1, 0.15) is 75.8 Å². The van der Waals surface area contributed by atoms with E-state index in [1.165, 1.54) is 27.4 Å². The van der Waals surface area contributed by atoms with Gasteiger partial charge >= 0.3 is 23.5 Å². The third kappa shape index (κ3) is 7.60. The Morgan fingerprint density at radius 3 is 1.69 bits per heavy atom. The topological polar surface area (TPSA) is 218 Å². The molecule has 0 bridgehead atoms. The van der Waals surface area contributed by atoms with Gasteiger partial charge in [-0.3, -0.25) is 0 Å². The third-order valence-corrected chi connectivity index (χ3v) is 10.6. The van der Waals surface area contributed by atoms with Crippen LogP contribution < -0.4 is 56.1 Å². The lowest BCUT2D eigenvalue weighted by Gasteiger charge is -2.33. The summed E-state index contributed by atoms with van der Waals surface area (Å²) in [6.07, 6.45) is 3.55. The van der Waals surface area contributed by atoms with E-state index in [-0.39, 0.29) is 63.5 Å². The maximum absolute atomic E-state index is 14.2. The van der Waals surface area contributed by atoms with E-state index >= 15 is 0 Å². The van der Waals surface area contributed by atoms with E-state index in [0.29, 0.717) is 22.1 Å². The van der Waals surface area contributed by atoms with Gasteiger partial charge in [0.15, 0.2) is 34.5 Å².